The maximum absolute atomic E-state index is 12.4. The number of ether oxygens (including phenoxy) is 2. The van der Waals surface area contributed by atoms with E-state index in [1.54, 1.807) is 18.2 Å². The number of carbonyl (C=O) groups excluding carboxylic acids is 2. The lowest BCUT2D eigenvalue weighted by atomic mass is 9.95. The van der Waals surface area contributed by atoms with Crippen molar-refractivity contribution in [3.8, 4) is 11.5 Å². The molecule has 8 heteroatoms. The molecule has 2 aromatic rings. The molecule has 0 atom stereocenters. The second-order valence-electron chi connectivity index (χ2n) is 7.54. The van der Waals surface area contributed by atoms with Crippen LogP contribution in [0.3, 0.4) is 0 Å². The molecule has 8 nitrogen and oxygen atoms in total. The van der Waals surface area contributed by atoms with E-state index in [4.69, 9.17) is 14.0 Å². The zero-order valence-corrected chi connectivity index (χ0v) is 17.7. The average Bonchev–Trinajstić information content (AvgIpc) is 3.08. The highest BCUT2D eigenvalue weighted by atomic mass is 16.5. The number of benzene rings is 1. The highest BCUT2D eigenvalue weighted by Crippen LogP contribution is 2.29. The number of nitrogens with zero attached hydrogens (tertiary/aromatic N) is 1. The van der Waals surface area contributed by atoms with Crippen molar-refractivity contribution in [2.75, 3.05) is 13.7 Å². The van der Waals surface area contributed by atoms with Crippen LogP contribution in [0.4, 0.5) is 0 Å². The minimum Gasteiger partial charge on any atom is -0.493 e. The molecule has 0 bridgehead atoms. The van der Waals surface area contributed by atoms with Gasteiger partial charge in [0.2, 0.25) is 5.91 Å². The van der Waals surface area contributed by atoms with Crippen molar-refractivity contribution < 1.29 is 23.6 Å². The summed E-state index contributed by atoms with van der Waals surface area (Å²) in [4.78, 5) is 24.5. The molecule has 1 aliphatic rings. The van der Waals surface area contributed by atoms with E-state index in [0.29, 0.717) is 22.8 Å². The molecule has 1 aromatic heterocycles. The zero-order chi connectivity index (χ0) is 21.5. The van der Waals surface area contributed by atoms with E-state index >= 15 is 0 Å². The van der Waals surface area contributed by atoms with E-state index in [0.717, 1.165) is 36.9 Å². The van der Waals surface area contributed by atoms with Gasteiger partial charge >= 0.3 is 0 Å². The molecule has 0 aliphatic heterocycles. The van der Waals surface area contributed by atoms with E-state index in [9.17, 15) is 9.59 Å². The number of amides is 2. The third-order valence-electron chi connectivity index (χ3n) is 5.36. The number of methoxy groups -OCH3 is 1. The van der Waals surface area contributed by atoms with Crippen LogP contribution in [-0.4, -0.2) is 36.7 Å². The summed E-state index contributed by atoms with van der Waals surface area (Å²) in [7, 11) is 1.51. The molecule has 0 unspecified atom stereocenters. The Morgan fingerprint density at radius 2 is 1.93 bits per heavy atom. The SMILES string of the molecule is COc1cc(C(=O)NCC(=O)NC2CCCCC2)ccc1OCc1c(C)noc1C. The molecule has 1 aromatic carbocycles. The van der Waals surface area contributed by atoms with E-state index in [-0.39, 0.29) is 31.0 Å². The van der Waals surface area contributed by atoms with Gasteiger partial charge in [0, 0.05) is 11.6 Å². The third kappa shape index (κ3) is 5.52. The van der Waals surface area contributed by atoms with Gasteiger partial charge in [-0.2, -0.15) is 0 Å². The fourth-order valence-electron chi connectivity index (χ4n) is 3.57. The molecule has 0 spiro atoms. The van der Waals surface area contributed by atoms with Crippen LogP contribution < -0.4 is 20.1 Å². The first-order valence-electron chi connectivity index (χ1n) is 10.3. The Morgan fingerprint density at radius 1 is 1.17 bits per heavy atom. The van der Waals surface area contributed by atoms with E-state index in [2.05, 4.69) is 15.8 Å². The van der Waals surface area contributed by atoms with Gasteiger partial charge in [-0.05, 0) is 44.9 Å². The summed E-state index contributed by atoms with van der Waals surface area (Å²) in [6.07, 6.45) is 5.52. The number of nitrogens with one attached hydrogen (secondary N) is 2. The standard InChI is InChI=1S/C22H29N3O5/c1-14-18(15(2)30-25-14)13-29-19-10-9-16(11-20(19)28-3)22(27)23-12-21(26)24-17-7-5-4-6-8-17/h9-11,17H,4-8,12-13H2,1-3H3,(H,23,27)(H,24,26). The first kappa shape index (κ1) is 21.7. The number of rotatable bonds is 8. The molecule has 0 saturated heterocycles. The number of aromatic nitrogens is 1. The predicted molar refractivity (Wildman–Crippen MR) is 111 cm³/mol. The fourth-order valence-corrected chi connectivity index (χ4v) is 3.57. The summed E-state index contributed by atoms with van der Waals surface area (Å²) in [6.45, 7) is 3.91. The molecular formula is C22H29N3O5. The Balaban J connectivity index is 1.55. The van der Waals surface area contributed by atoms with Gasteiger partial charge in [-0.15, -0.1) is 0 Å². The normalized spacial score (nSPS) is 14.2. The van der Waals surface area contributed by atoms with Gasteiger partial charge < -0.3 is 24.6 Å². The van der Waals surface area contributed by atoms with Gasteiger partial charge in [0.15, 0.2) is 11.5 Å². The third-order valence-corrected chi connectivity index (χ3v) is 5.36. The van der Waals surface area contributed by atoms with Crippen molar-refractivity contribution >= 4 is 11.8 Å². The molecule has 162 valence electrons. The van der Waals surface area contributed by atoms with E-state index in [1.807, 2.05) is 13.8 Å². The van der Waals surface area contributed by atoms with Crippen molar-refractivity contribution in [2.45, 2.75) is 58.6 Å². The quantitative estimate of drug-likeness (QED) is 0.687. The van der Waals surface area contributed by atoms with E-state index < -0.39 is 0 Å². The Labute approximate surface area is 176 Å². The highest BCUT2D eigenvalue weighted by molar-refractivity contribution is 5.97. The lowest BCUT2D eigenvalue weighted by Crippen LogP contribution is -2.42. The Hall–Kier alpha value is -3.03. The summed E-state index contributed by atoms with van der Waals surface area (Å²) in [5.74, 6) is 1.13. The smallest absolute Gasteiger partial charge is 0.251 e. The fraction of sp³-hybridized carbons (Fsp3) is 0.500. The van der Waals surface area contributed by atoms with Crippen LogP contribution in [-0.2, 0) is 11.4 Å². The Morgan fingerprint density at radius 3 is 2.60 bits per heavy atom. The first-order chi connectivity index (χ1) is 14.5. The molecule has 1 saturated carbocycles. The lowest BCUT2D eigenvalue weighted by Gasteiger charge is -2.22. The Kier molecular flexibility index (Phi) is 7.32. The predicted octanol–water partition coefficient (Wildman–Crippen LogP) is 3.06. The second-order valence-corrected chi connectivity index (χ2v) is 7.54. The van der Waals surface area contributed by atoms with Crippen molar-refractivity contribution in [3.05, 3.63) is 40.8 Å². The first-order valence-corrected chi connectivity index (χ1v) is 10.3. The topological polar surface area (TPSA) is 103 Å². The molecule has 30 heavy (non-hydrogen) atoms. The summed E-state index contributed by atoms with van der Waals surface area (Å²) >= 11 is 0. The van der Waals surface area contributed by atoms with Crippen LogP contribution in [0.15, 0.2) is 22.7 Å². The van der Waals surface area contributed by atoms with E-state index in [1.165, 1.54) is 13.5 Å². The number of carbonyl (C=O) groups is 2. The molecular weight excluding hydrogens is 386 g/mol. The van der Waals surface area contributed by atoms with Gasteiger partial charge in [-0.1, -0.05) is 24.4 Å². The van der Waals surface area contributed by atoms with Gasteiger partial charge in [0.1, 0.15) is 12.4 Å². The Bertz CT molecular complexity index is 867. The second kappa shape index (κ2) is 10.1. The monoisotopic (exact) mass is 415 g/mol. The van der Waals surface area contributed by atoms with Crippen LogP contribution in [0.1, 0.15) is 59.5 Å². The van der Waals surface area contributed by atoms with Gasteiger partial charge in [-0.3, -0.25) is 9.59 Å². The lowest BCUT2D eigenvalue weighted by molar-refractivity contribution is -0.121. The maximum Gasteiger partial charge on any atom is 0.251 e. The summed E-state index contributed by atoms with van der Waals surface area (Å²) in [5, 5.41) is 9.55. The van der Waals surface area contributed by atoms with Gasteiger partial charge in [0.25, 0.3) is 5.91 Å². The number of hydrogen-bond donors (Lipinski definition) is 2. The summed E-state index contributed by atoms with van der Waals surface area (Å²) in [5.41, 5.74) is 2.04. The molecule has 1 fully saturated rings. The summed E-state index contributed by atoms with van der Waals surface area (Å²) in [6, 6.07) is 5.13. The van der Waals surface area contributed by atoms with Crippen LogP contribution in [0.2, 0.25) is 0 Å². The average molecular weight is 415 g/mol. The molecule has 2 amide bonds. The molecule has 0 radical (unpaired) electrons. The van der Waals surface area contributed by atoms with Crippen molar-refractivity contribution in [3.63, 3.8) is 0 Å². The zero-order valence-electron chi connectivity index (χ0n) is 17.7. The largest absolute Gasteiger partial charge is 0.493 e. The minimum absolute atomic E-state index is 0.0536. The highest BCUT2D eigenvalue weighted by Gasteiger charge is 2.17. The van der Waals surface area contributed by atoms with Crippen LogP contribution >= 0.6 is 0 Å². The summed E-state index contributed by atoms with van der Waals surface area (Å²) < 4.78 is 16.3. The van der Waals surface area contributed by atoms with Crippen LogP contribution in [0.5, 0.6) is 11.5 Å². The van der Waals surface area contributed by atoms with Crippen LogP contribution in [0.25, 0.3) is 0 Å². The van der Waals surface area contributed by atoms with Crippen molar-refractivity contribution in [1.29, 1.82) is 0 Å². The van der Waals surface area contributed by atoms with Crippen molar-refractivity contribution in [1.82, 2.24) is 15.8 Å². The maximum atomic E-state index is 12.4. The van der Waals surface area contributed by atoms with Gasteiger partial charge in [0.05, 0.1) is 24.9 Å². The molecule has 1 heterocycles. The molecule has 1 aliphatic carbocycles. The van der Waals surface area contributed by atoms with Gasteiger partial charge in [-0.25, -0.2) is 0 Å². The van der Waals surface area contributed by atoms with Crippen LogP contribution in [0, 0.1) is 13.8 Å². The minimum atomic E-state index is -0.343. The van der Waals surface area contributed by atoms with Crippen molar-refractivity contribution in [2.24, 2.45) is 0 Å². The number of hydrogen-bond acceptors (Lipinski definition) is 6. The molecule has 3 rings (SSSR count). The molecule has 2 N–H and O–H groups in total. The number of aryl methyl sites for hydroxylation is 2.